The zero-order chi connectivity index (χ0) is 20.9. The van der Waals surface area contributed by atoms with Crippen LogP contribution in [0.3, 0.4) is 0 Å². The third-order valence-corrected chi connectivity index (χ3v) is 5.05. The summed E-state index contributed by atoms with van der Waals surface area (Å²) in [5.74, 6) is 2.23. The van der Waals surface area contributed by atoms with Crippen LogP contribution in [-0.2, 0) is 6.42 Å². The molecular formula is C20H19N7O2S. The highest BCUT2D eigenvalue weighted by molar-refractivity contribution is 7.08. The number of aromatic nitrogens is 6. The molecule has 4 aromatic rings. The Morgan fingerprint density at radius 1 is 1.13 bits per heavy atom. The largest absolute Gasteiger partial charge is 0.438 e. The molecule has 4 rings (SSSR count). The number of nitrogens with zero attached hydrogens (tertiary/aromatic N) is 6. The van der Waals surface area contributed by atoms with Crippen molar-refractivity contribution < 1.29 is 9.53 Å². The minimum atomic E-state index is -0.210. The van der Waals surface area contributed by atoms with Crippen molar-refractivity contribution in [3.63, 3.8) is 0 Å². The summed E-state index contributed by atoms with van der Waals surface area (Å²) in [5, 5.41) is 15.2. The van der Waals surface area contributed by atoms with Crippen molar-refractivity contribution in [1.82, 2.24) is 29.3 Å². The lowest BCUT2D eigenvalue weighted by atomic mass is 10.2. The lowest BCUT2D eigenvalue weighted by Crippen LogP contribution is -2.12. The molecular weight excluding hydrogens is 402 g/mol. The summed E-state index contributed by atoms with van der Waals surface area (Å²) in [7, 11) is 0. The first kappa shape index (κ1) is 19.6. The molecule has 0 radical (unpaired) electrons. The number of aryl methyl sites for hydroxylation is 2. The topological polar surface area (TPSA) is 108 Å². The predicted molar refractivity (Wildman–Crippen MR) is 112 cm³/mol. The number of hydrogen-bond acceptors (Lipinski definition) is 8. The van der Waals surface area contributed by atoms with Gasteiger partial charge in [0.05, 0.1) is 5.69 Å². The normalized spacial score (nSPS) is 10.7. The monoisotopic (exact) mass is 421 g/mol. The molecule has 0 aliphatic heterocycles. The number of amides is 1. The van der Waals surface area contributed by atoms with Crippen molar-refractivity contribution in [3.05, 3.63) is 65.2 Å². The zero-order valence-corrected chi connectivity index (χ0v) is 17.3. The molecule has 0 saturated carbocycles. The van der Waals surface area contributed by atoms with Crippen molar-refractivity contribution in [3.8, 4) is 17.4 Å². The Hall–Kier alpha value is -3.66. The van der Waals surface area contributed by atoms with Gasteiger partial charge in [0.1, 0.15) is 16.5 Å². The fourth-order valence-electron chi connectivity index (χ4n) is 2.81. The first-order valence-corrected chi connectivity index (χ1v) is 10.2. The van der Waals surface area contributed by atoms with Crippen LogP contribution in [0.2, 0.25) is 0 Å². The molecule has 0 aliphatic carbocycles. The van der Waals surface area contributed by atoms with Gasteiger partial charge in [-0.2, -0.15) is 0 Å². The Bertz CT molecular complexity index is 1140. The molecule has 1 aromatic carbocycles. The highest BCUT2D eigenvalue weighted by Crippen LogP contribution is 2.23. The van der Waals surface area contributed by atoms with Gasteiger partial charge in [0, 0.05) is 24.1 Å². The van der Waals surface area contributed by atoms with Crippen LogP contribution in [0, 0.1) is 6.92 Å². The number of carbonyl (C=O) groups is 1. The molecule has 152 valence electrons. The molecule has 0 atom stereocenters. The summed E-state index contributed by atoms with van der Waals surface area (Å²) in [4.78, 5) is 17.2. The van der Waals surface area contributed by atoms with E-state index in [9.17, 15) is 4.79 Å². The molecule has 0 aliphatic rings. The zero-order valence-electron chi connectivity index (χ0n) is 16.4. The minimum Gasteiger partial charge on any atom is -0.438 e. The molecule has 0 spiro atoms. The number of imidazole rings is 1. The van der Waals surface area contributed by atoms with Crippen LogP contribution in [0.1, 0.15) is 34.5 Å². The van der Waals surface area contributed by atoms with Gasteiger partial charge in [0.15, 0.2) is 5.82 Å². The van der Waals surface area contributed by atoms with E-state index in [1.807, 2.05) is 30.7 Å². The molecule has 0 bridgehead atoms. The van der Waals surface area contributed by atoms with E-state index in [0.29, 0.717) is 28.0 Å². The average molecular weight is 421 g/mol. The Balaban J connectivity index is 1.39. The van der Waals surface area contributed by atoms with E-state index in [-0.39, 0.29) is 5.91 Å². The smallest absolute Gasteiger partial charge is 0.269 e. The maximum absolute atomic E-state index is 12.5. The summed E-state index contributed by atoms with van der Waals surface area (Å²) in [6, 6.07) is 10.6. The molecule has 3 heterocycles. The first-order valence-electron chi connectivity index (χ1n) is 9.38. The third kappa shape index (κ3) is 4.33. The minimum absolute atomic E-state index is 0.210. The molecule has 9 nitrogen and oxygen atoms in total. The Kier molecular flexibility index (Phi) is 5.75. The number of carbonyl (C=O) groups excluding carboxylic acids is 1. The van der Waals surface area contributed by atoms with Gasteiger partial charge >= 0.3 is 0 Å². The summed E-state index contributed by atoms with van der Waals surface area (Å²) in [6.07, 6.45) is 5.16. The summed E-state index contributed by atoms with van der Waals surface area (Å²) >= 11 is 1.10. The second kappa shape index (κ2) is 8.78. The average Bonchev–Trinajstić information content (AvgIpc) is 3.39. The molecule has 0 fully saturated rings. The molecule has 30 heavy (non-hydrogen) atoms. The summed E-state index contributed by atoms with van der Waals surface area (Å²) < 4.78 is 11.5. The van der Waals surface area contributed by atoms with Gasteiger partial charge in [-0.05, 0) is 55.2 Å². The Morgan fingerprint density at radius 2 is 1.97 bits per heavy atom. The summed E-state index contributed by atoms with van der Waals surface area (Å²) in [5.41, 5.74) is 1.38. The van der Waals surface area contributed by atoms with Gasteiger partial charge in [-0.25, -0.2) is 4.98 Å². The number of hydrogen-bond donors (Lipinski definition) is 1. The lowest BCUT2D eigenvalue weighted by molar-refractivity contribution is 0.102. The van der Waals surface area contributed by atoms with Crippen molar-refractivity contribution >= 4 is 23.1 Å². The van der Waals surface area contributed by atoms with Crippen molar-refractivity contribution in [2.24, 2.45) is 0 Å². The van der Waals surface area contributed by atoms with Gasteiger partial charge < -0.3 is 10.1 Å². The van der Waals surface area contributed by atoms with Crippen LogP contribution in [0.25, 0.3) is 5.82 Å². The van der Waals surface area contributed by atoms with Crippen LogP contribution in [0.5, 0.6) is 11.6 Å². The SMILES string of the molecule is CCCc1nnsc1C(=O)Nc1ccc(Oc2ccc(-n3ccnc3C)nn2)cc1. The van der Waals surface area contributed by atoms with Gasteiger partial charge in [-0.1, -0.05) is 17.8 Å². The van der Waals surface area contributed by atoms with E-state index in [0.717, 1.165) is 35.9 Å². The van der Waals surface area contributed by atoms with Crippen molar-refractivity contribution in [1.29, 1.82) is 0 Å². The molecule has 0 unspecified atom stereocenters. The first-order chi connectivity index (χ1) is 14.6. The van der Waals surface area contributed by atoms with Crippen LogP contribution >= 0.6 is 11.5 Å². The number of benzene rings is 1. The number of ether oxygens (including phenoxy) is 1. The van der Waals surface area contributed by atoms with Gasteiger partial charge in [-0.15, -0.1) is 15.3 Å². The predicted octanol–water partition coefficient (Wildman–Crippen LogP) is 3.82. The second-order valence-electron chi connectivity index (χ2n) is 6.45. The Labute approximate surface area is 176 Å². The molecule has 1 amide bonds. The third-order valence-electron chi connectivity index (χ3n) is 4.28. The quantitative estimate of drug-likeness (QED) is 0.483. The Morgan fingerprint density at radius 3 is 2.63 bits per heavy atom. The number of nitrogens with one attached hydrogen (secondary N) is 1. The van der Waals surface area contributed by atoms with Crippen LogP contribution in [0.4, 0.5) is 5.69 Å². The van der Waals surface area contributed by atoms with E-state index in [2.05, 4.69) is 30.1 Å². The highest BCUT2D eigenvalue weighted by atomic mass is 32.1. The van der Waals surface area contributed by atoms with Crippen LogP contribution in [0.15, 0.2) is 48.8 Å². The number of anilines is 1. The van der Waals surface area contributed by atoms with Crippen molar-refractivity contribution in [2.75, 3.05) is 5.32 Å². The van der Waals surface area contributed by atoms with E-state index in [4.69, 9.17) is 4.74 Å². The second-order valence-corrected chi connectivity index (χ2v) is 7.21. The van der Waals surface area contributed by atoms with Gasteiger partial charge in [0.2, 0.25) is 5.88 Å². The molecule has 10 heteroatoms. The van der Waals surface area contributed by atoms with Crippen LogP contribution in [-0.4, -0.2) is 35.2 Å². The maximum Gasteiger partial charge on any atom is 0.269 e. The van der Waals surface area contributed by atoms with E-state index >= 15 is 0 Å². The number of rotatable bonds is 7. The fraction of sp³-hybridized carbons (Fsp3) is 0.200. The standard InChI is InChI=1S/C20H19N7O2S/c1-3-4-16-19(30-26-23-16)20(28)22-14-5-7-15(8-6-14)29-18-10-9-17(24-25-18)27-12-11-21-13(27)2/h5-12H,3-4H2,1-2H3,(H,22,28). The van der Waals surface area contributed by atoms with E-state index in [1.165, 1.54) is 0 Å². The maximum atomic E-state index is 12.5. The van der Waals surface area contributed by atoms with Crippen molar-refractivity contribution in [2.45, 2.75) is 26.7 Å². The van der Waals surface area contributed by atoms with Crippen LogP contribution < -0.4 is 10.1 Å². The van der Waals surface area contributed by atoms with E-state index < -0.39 is 0 Å². The lowest BCUT2D eigenvalue weighted by Gasteiger charge is -2.08. The fourth-order valence-corrected chi connectivity index (χ4v) is 3.42. The van der Waals surface area contributed by atoms with E-state index in [1.54, 1.807) is 36.5 Å². The highest BCUT2D eigenvalue weighted by Gasteiger charge is 2.16. The molecule has 3 aromatic heterocycles. The summed E-state index contributed by atoms with van der Waals surface area (Å²) in [6.45, 7) is 3.93. The molecule has 0 saturated heterocycles. The van der Waals surface area contributed by atoms with Gasteiger partial charge in [-0.3, -0.25) is 9.36 Å². The van der Waals surface area contributed by atoms with Gasteiger partial charge in [0.25, 0.3) is 5.91 Å². The molecule has 1 N–H and O–H groups in total.